The molecule has 0 bridgehead atoms. The van der Waals surface area contributed by atoms with Gasteiger partial charge in [0.25, 0.3) is 11.6 Å². The highest BCUT2D eigenvalue weighted by Gasteiger charge is 2.26. The number of aryl methyl sites for hydroxylation is 10. The van der Waals surface area contributed by atoms with Gasteiger partial charge in [-0.15, -0.1) is 0 Å². The molecule has 15 heteroatoms. The molecular weight excluding hydrogens is 1420 g/mol. The van der Waals surface area contributed by atoms with E-state index in [1.54, 1.807) is 6.33 Å². The lowest BCUT2D eigenvalue weighted by Crippen LogP contribution is -2.33. The first-order valence-electron chi connectivity index (χ1n) is 40.2. The Hall–Kier alpha value is -13.0. The van der Waals surface area contributed by atoms with Crippen LogP contribution in [0.15, 0.2) is 318 Å². The second-order valence-electron chi connectivity index (χ2n) is 31.0. The molecule has 1 aliphatic rings. The van der Waals surface area contributed by atoms with Crippen LogP contribution >= 0.6 is 0 Å². The largest absolute Gasteiger partial charge is 0.308 e. The Morgan fingerprint density at radius 2 is 0.724 bits per heavy atom. The van der Waals surface area contributed by atoms with Crippen LogP contribution in [-0.2, 0) is 42.3 Å². The summed E-state index contributed by atoms with van der Waals surface area (Å²) in [6.45, 7) is 26.6. The number of para-hydroxylation sites is 8. The monoisotopic (exact) mass is 1540 g/mol. The number of imidazole rings is 4. The highest BCUT2D eigenvalue weighted by Crippen LogP contribution is 2.35. The minimum Gasteiger partial charge on any atom is -0.239 e. The third kappa shape index (κ3) is 20.9. The zero-order valence-electron chi connectivity index (χ0n) is 71.3. The Morgan fingerprint density at radius 1 is 0.336 bits per heavy atom. The van der Waals surface area contributed by atoms with Crippen LogP contribution in [0, 0.1) is 27.7 Å². The van der Waals surface area contributed by atoms with Crippen molar-refractivity contribution < 1.29 is 32.0 Å². The number of rotatable bonds is 12. The first kappa shape index (κ1) is 83.9. The summed E-state index contributed by atoms with van der Waals surface area (Å²) in [6.07, 6.45) is 27.8. The summed E-state index contributed by atoms with van der Waals surface area (Å²) >= 11 is 0. The lowest BCUT2D eigenvalue weighted by Gasteiger charge is -2.16. The number of hydrogen-bond donors (Lipinski definition) is 0. The van der Waals surface area contributed by atoms with Gasteiger partial charge in [0, 0.05) is 28.7 Å². The van der Waals surface area contributed by atoms with Gasteiger partial charge in [0.05, 0.1) is 64.5 Å². The maximum atomic E-state index is 4.91. The molecule has 116 heavy (non-hydrogen) atoms. The van der Waals surface area contributed by atoms with E-state index >= 15 is 0 Å². The second kappa shape index (κ2) is 39.6. The fraction of sp³-hybridized carbons (Fsp3) is 0.238. The van der Waals surface area contributed by atoms with Crippen molar-refractivity contribution in [1.29, 1.82) is 0 Å². The van der Waals surface area contributed by atoms with E-state index in [4.69, 9.17) is 4.98 Å². The fourth-order valence-electron chi connectivity index (χ4n) is 14.5. The quantitative estimate of drug-likeness (QED) is 0.114. The predicted molar refractivity (Wildman–Crippen MR) is 472 cm³/mol. The lowest BCUT2D eigenvalue weighted by molar-refractivity contribution is -0.670. The van der Waals surface area contributed by atoms with Crippen molar-refractivity contribution in [2.24, 2.45) is 42.3 Å². The summed E-state index contributed by atoms with van der Waals surface area (Å²) in [7, 11) is 14.2. The van der Waals surface area contributed by atoms with Gasteiger partial charge in [-0.25, -0.2) is 41.1 Å². The lowest BCUT2D eigenvalue weighted by atomic mass is 9.92. The molecule has 0 saturated heterocycles. The first-order chi connectivity index (χ1) is 55.9. The number of aromatic nitrogens is 14. The van der Waals surface area contributed by atoms with Gasteiger partial charge in [-0.3, -0.25) is 0 Å². The zero-order valence-corrected chi connectivity index (χ0v) is 71.3. The van der Waals surface area contributed by atoms with Crippen molar-refractivity contribution >= 4 is 28.3 Å². The van der Waals surface area contributed by atoms with Gasteiger partial charge in [-0.05, 0) is 152 Å². The average molecular weight is 1540 g/mol. The molecule has 10 aromatic carbocycles. The van der Waals surface area contributed by atoms with E-state index in [0.717, 1.165) is 46.4 Å². The Labute approximate surface area is 687 Å². The molecule has 0 atom stereocenters. The van der Waals surface area contributed by atoms with E-state index in [0.29, 0.717) is 23.7 Å². The zero-order chi connectivity index (χ0) is 82.5. The van der Waals surface area contributed by atoms with E-state index in [9.17, 15) is 0 Å². The Morgan fingerprint density at radius 3 is 1.17 bits per heavy atom. The van der Waals surface area contributed by atoms with E-state index in [-0.39, 0.29) is 0 Å². The summed E-state index contributed by atoms with van der Waals surface area (Å²) in [6, 6.07) is 83.8. The summed E-state index contributed by atoms with van der Waals surface area (Å²) in [4.78, 5) is 18.5. The molecule has 0 unspecified atom stereocenters. The molecule has 0 fully saturated rings. The molecule has 588 valence electrons. The Balaban J connectivity index is 0.000000136. The molecule has 1 aliphatic heterocycles. The van der Waals surface area contributed by atoms with Gasteiger partial charge in [-0.1, -0.05) is 245 Å². The van der Waals surface area contributed by atoms with Gasteiger partial charge in [0.2, 0.25) is 38.0 Å². The third-order valence-electron chi connectivity index (χ3n) is 20.6. The number of benzene rings is 10. The van der Waals surface area contributed by atoms with Crippen LogP contribution in [0.3, 0.4) is 0 Å². The maximum absolute atomic E-state index is 4.91. The second-order valence-corrected chi connectivity index (χ2v) is 31.0. The predicted octanol–water partition coefficient (Wildman–Crippen LogP) is 19.1. The van der Waals surface area contributed by atoms with Crippen molar-refractivity contribution in [2.75, 3.05) is 7.05 Å². The van der Waals surface area contributed by atoms with E-state index in [1.165, 1.54) is 94.9 Å². The van der Waals surface area contributed by atoms with Gasteiger partial charge >= 0.3 is 11.6 Å². The molecular formula is C101H116N15+7. The summed E-state index contributed by atoms with van der Waals surface area (Å²) in [5.41, 5.74) is 25.0. The van der Waals surface area contributed by atoms with Crippen molar-refractivity contribution in [3.8, 4) is 68.3 Å². The minimum atomic E-state index is 0.500. The van der Waals surface area contributed by atoms with Gasteiger partial charge in [0.1, 0.15) is 60.8 Å². The molecule has 0 spiro atoms. The molecule has 0 saturated carbocycles. The topological polar surface area (TPSA) is 97.6 Å². The third-order valence-corrected chi connectivity index (χ3v) is 20.6. The molecule has 6 aromatic heterocycles. The first-order valence-corrected chi connectivity index (χ1v) is 40.2. The standard InChI is InChI=1S/C20H22N3.C20H25N2.C16H14N3.C16H23N2.C14H13N2.C10H11N2.C5H8N/c1-13-8-6-9-14(2)17(13)19-21-12-23(5)20(22-19)18-15(3)10-7-11-16(18)4;1-14(2)16-9-8-10-17(15(3)4)20(16)22-13-21(5)18-11-6-7-12-19(18)22;1-19-12-17-15(13-8-4-2-5-9-13)18-16(19)14-10-6-3-7-11-14;1-12(2)14-7-6-8-15(13(3)4)16(14)18-10-9-17(5)11-18;1-15-11-16(12-7-3-2-4-8-12)14-10-6-5-9-13(14)15;1-11-7-8-12(9-11)10-5-3-2-4-6-10;1-6-4-2-3-5-6/h6-12H,1-5H3;6-15H,1-5H3;2-12H,1H3;6-13H,1-5H3;2-11H,1H3;2-9H,1H3;2,4-5H,3H2,1H3/q7*+1. The van der Waals surface area contributed by atoms with Crippen LogP contribution in [0.1, 0.15) is 130 Å². The van der Waals surface area contributed by atoms with E-state index in [2.05, 4.69) is 375 Å². The molecule has 0 N–H and O–H groups in total. The molecule has 0 radical (unpaired) electrons. The highest BCUT2D eigenvalue weighted by atomic mass is 15.1. The van der Waals surface area contributed by atoms with Crippen LogP contribution in [-0.4, -0.2) is 56.0 Å². The molecule has 15 nitrogen and oxygen atoms in total. The van der Waals surface area contributed by atoms with Crippen molar-refractivity contribution in [2.45, 2.75) is 113 Å². The summed E-state index contributed by atoms with van der Waals surface area (Å²) < 4.78 is 23.3. The number of fused-ring (bicyclic) bond motifs is 2. The molecule has 17 rings (SSSR count). The van der Waals surface area contributed by atoms with E-state index in [1.807, 2.05) is 140 Å². The van der Waals surface area contributed by atoms with Crippen LogP contribution < -0.4 is 27.4 Å². The van der Waals surface area contributed by atoms with Crippen LogP contribution in [0.2, 0.25) is 0 Å². The van der Waals surface area contributed by atoms with Crippen molar-refractivity contribution in [3.05, 3.63) is 362 Å². The highest BCUT2D eigenvalue weighted by molar-refractivity contribution is 5.76. The normalized spacial score (nSPS) is 11.4. The van der Waals surface area contributed by atoms with Crippen molar-refractivity contribution in [3.63, 3.8) is 0 Å². The molecule has 16 aromatic rings. The Bertz CT molecular complexity index is 5860. The molecule has 0 aliphatic carbocycles. The summed E-state index contributed by atoms with van der Waals surface area (Å²) in [5, 5.41) is 0. The average Bonchev–Trinajstić information content (AvgIpc) is 1.56. The van der Waals surface area contributed by atoms with Crippen molar-refractivity contribution in [1.82, 2.24) is 38.2 Å². The van der Waals surface area contributed by atoms with Crippen LogP contribution in [0.4, 0.5) is 0 Å². The van der Waals surface area contributed by atoms with Gasteiger partial charge in [0.15, 0.2) is 28.3 Å². The molecule has 0 amide bonds. The van der Waals surface area contributed by atoms with Gasteiger partial charge in [-0.2, -0.15) is 9.13 Å². The number of nitrogens with zero attached hydrogens (tertiary/aromatic N) is 15. The fourth-order valence-corrected chi connectivity index (χ4v) is 14.5. The van der Waals surface area contributed by atoms with Crippen LogP contribution in [0.25, 0.3) is 90.4 Å². The molecule has 7 heterocycles. The number of allylic oxidation sites excluding steroid dienone is 1. The van der Waals surface area contributed by atoms with Gasteiger partial charge < -0.3 is 0 Å². The smallest absolute Gasteiger partial charge is 0.239 e. The SMILES string of the molecule is CC(C)c1cccc(C(C)C)c1-n1c[n+](C)c2ccccc21.CC(C)c1cccc(C(C)C)c1-n1cc[n+](C)c1.C[N+]1=CCC=C1.C[n+]1ccn(-c2ccccc2)c1.C[n+]1cn(-c2ccccc2)c2ccccc21.C[n+]1cnc(-c2ccccc2)nc1-c1ccccc1.Cc1cccc(C)c1-c1nc[n+](C)c(-c2c(C)cccc2C)n1. The minimum absolute atomic E-state index is 0.500. The maximum Gasteiger partial charge on any atom is 0.308 e. The van der Waals surface area contributed by atoms with E-state index < -0.39 is 0 Å². The Kier molecular flexibility index (Phi) is 28.7. The summed E-state index contributed by atoms with van der Waals surface area (Å²) in [5.74, 6) is 5.47. The number of hydrogen-bond acceptors (Lipinski definition) is 4. The van der Waals surface area contributed by atoms with Crippen LogP contribution in [0.5, 0.6) is 0 Å².